The number of amides is 1. The van der Waals surface area contributed by atoms with E-state index in [1.807, 2.05) is 19.1 Å². The summed E-state index contributed by atoms with van der Waals surface area (Å²) in [6.45, 7) is 3.29. The minimum Gasteiger partial charge on any atom is -0.467 e. The second kappa shape index (κ2) is 9.24. The maximum absolute atomic E-state index is 12.3. The molecule has 8 heteroatoms. The van der Waals surface area contributed by atoms with Gasteiger partial charge in [-0.25, -0.2) is 0 Å². The van der Waals surface area contributed by atoms with Gasteiger partial charge in [0, 0.05) is 6.54 Å². The van der Waals surface area contributed by atoms with Crippen LogP contribution in [-0.2, 0) is 11.3 Å². The molecule has 25 heavy (non-hydrogen) atoms. The van der Waals surface area contributed by atoms with E-state index in [4.69, 9.17) is 4.42 Å². The molecule has 0 spiro atoms. The summed E-state index contributed by atoms with van der Waals surface area (Å²) in [6.07, 6.45) is 8.05. The van der Waals surface area contributed by atoms with Gasteiger partial charge in [0.2, 0.25) is 11.0 Å². The Morgan fingerprint density at radius 2 is 2.24 bits per heavy atom. The summed E-state index contributed by atoms with van der Waals surface area (Å²) in [5.74, 6) is 1.57. The van der Waals surface area contributed by atoms with Crippen LogP contribution in [0.2, 0.25) is 0 Å². The second-order valence-corrected chi connectivity index (χ2v) is 8.88. The van der Waals surface area contributed by atoms with Gasteiger partial charge in [0.05, 0.1) is 18.1 Å². The third kappa shape index (κ3) is 5.74. The van der Waals surface area contributed by atoms with Gasteiger partial charge in [-0.2, -0.15) is 0 Å². The minimum atomic E-state index is -0.172. The highest BCUT2D eigenvalue weighted by Gasteiger charge is 2.19. The predicted octanol–water partition coefficient (Wildman–Crippen LogP) is 3.92. The molecule has 3 rings (SSSR count). The van der Waals surface area contributed by atoms with E-state index in [2.05, 4.69) is 20.8 Å². The Balaban J connectivity index is 1.40. The van der Waals surface area contributed by atoms with Gasteiger partial charge >= 0.3 is 0 Å². The van der Waals surface area contributed by atoms with Crippen LogP contribution >= 0.6 is 23.1 Å². The minimum absolute atomic E-state index is 0.0795. The molecule has 1 fully saturated rings. The molecule has 2 heterocycles. The Labute approximate surface area is 156 Å². The number of carbonyl (C=O) groups excluding carboxylic acids is 1. The van der Waals surface area contributed by atoms with Gasteiger partial charge in [-0.15, -0.1) is 10.2 Å². The lowest BCUT2D eigenvalue weighted by atomic mass is 9.89. The average Bonchev–Trinajstić information content (AvgIpc) is 3.30. The number of rotatable bonds is 8. The van der Waals surface area contributed by atoms with Gasteiger partial charge in [-0.1, -0.05) is 42.4 Å². The van der Waals surface area contributed by atoms with Crippen molar-refractivity contribution in [1.82, 2.24) is 15.5 Å². The van der Waals surface area contributed by atoms with Crippen LogP contribution in [0.5, 0.6) is 0 Å². The van der Waals surface area contributed by atoms with Crippen LogP contribution in [-0.4, -0.2) is 27.9 Å². The number of nitrogens with one attached hydrogen (secondary N) is 2. The van der Waals surface area contributed by atoms with E-state index in [9.17, 15) is 4.79 Å². The monoisotopic (exact) mass is 380 g/mol. The van der Waals surface area contributed by atoms with E-state index in [0.717, 1.165) is 21.8 Å². The average molecular weight is 381 g/mol. The smallest absolute Gasteiger partial charge is 0.233 e. The molecule has 0 bridgehead atoms. The van der Waals surface area contributed by atoms with Crippen LogP contribution in [0.3, 0.4) is 0 Å². The first kappa shape index (κ1) is 18.3. The molecule has 1 aliphatic rings. The highest BCUT2D eigenvalue weighted by atomic mass is 32.2. The predicted molar refractivity (Wildman–Crippen MR) is 101 cm³/mol. The SMILES string of the molecule is C[C@@H](Sc1nnc(NCc2ccco2)s1)C(=O)NCC1CCCCC1. The van der Waals surface area contributed by atoms with Crippen molar-refractivity contribution in [1.29, 1.82) is 0 Å². The normalized spacial score (nSPS) is 16.5. The maximum atomic E-state index is 12.3. The van der Waals surface area contributed by atoms with Crippen LogP contribution < -0.4 is 10.6 Å². The van der Waals surface area contributed by atoms with Crippen LogP contribution in [0.25, 0.3) is 0 Å². The Bertz CT molecular complexity index is 653. The molecule has 1 aliphatic carbocycles. The largest absolute Gasteiger partial charge is 0.467 e. The van der Waals surface area contributed by atoms with Crippen molar-refractivity contribution >= 4 is 34.1 Å². The number of nitrogens with zero attached hydrogens (tertiary/aromatic N) is 2. The number of anilines is 1. The lowest BCUT2D eigenvalue weighted by Gasteiger charge is -2.22. The first-order valence-corrected chi connectivity index (χ1v) is 10.4. The maximum Gasteiger partial charge on any atom is 0.233 e. The van der Waals surface area contributed by atoms with Gasteiger partial charge in [-0.05, 0) is 37.8 Å². The molecule has 0 saturated heterocycles. The Morgan fingerprint density at radius 1 is 1.40 bits per heavy atom. The quantitative estimate of drug-likeness (QED) is 0.676. The van der Waals surface area contributed by atoms with Crippen LogP contribution in [0.4, 0.5) is 5.13 Å². The highest BCUT2D eigenvalue weighted by molar-refractivity contribution is 8.02. The van der Waals surface area contributed by atoms with Crippen molar-refractivity contribution in [2.24, 2.45) is 5.92 Å². The lowest BCUT2D eigenvalue weighted by molar-refractivity contribution is -0.120. The van der Waals surface area contributed by atoms with Crippen LogP contribution in [0, 0.1) is 5.92 Å². The zero-order chi connectivity index (χ0) is 17.5. The summed E-state index contributed by atoms with van der Waals surface area (Å²) in [5.41, 5.74) is 0. The van der Waals surface area contributed by atoms with Gasteiger partial charge in [-0.3, -0.25) is 4.79 Å². The topological polar surface area (TPSA) is 80.1 Å². The van der Waals surface area contributed by atoms with E-state index in [1.54, 1.807) is 6.26 Å². The second-order valence-electron chi connectivity index (χ2n) is 6.32. The summed E-state index contributed by atoms with van der Waals surface area (Å²) < 4.78 is 6.06. The molecule has 2 aromatic rings. The first-order valence-electron chi connectivity index (χ1n) is 8.75. The standard InChI is InChI=1S/C17H24N4O2S2/c1-12(15(22)18-10-13-6-3-2-4-7-13)24-17-21-20-16(25-17)19-11-14-8-5-9-23-14/h5,8-9,12-13H,2-4,6-7,10-11H2,1H3,(H,18,22)(H,19,20)/t12-/m1/s1. The van der Waals surface area contributed by atoms with Crippen molar-refractivity contribution in [3.8, 4) is 0 Å². The molecular formula is C17H24N4O2S2. The van der Waals surface area contributed by atoms with Crippen molar-refractivity contribution in [3.05, 3.63) is 24.2 Å². The molecule has 0 radical (unpaired) electrons. The molecule has 1 atom stereocenters. The summed E-state index contributed by atoms with van der Waals surface area (Å²) in [6, 6.07) is 3.76. The zero-order valence-electron chi connectivity index (χ0n) is 14.4. The number of aromatic nitrogens is 2. The third-order valence-electron chi connectivity index (χ3n) is 4.34. The van der Waals surface area contributed by atoms with Crippen molar-refractivity contribution in [2.45, 2.75) is 55.2 Å². The van der Waals surface area contributed by atoms with E-state index in [1.165, 1.54) is 55.2 Å². The Hall–Kier alpha value is -1.54. The van der Waals surface area contributed by atoms with Gasteiger partial charge < -0.3 is 15.1 Å². The van der Waals surface area contributed by atoms with E-state index < -0.39 is 0 Å². The van der Waals surface area contributed by atoms with Crippen molar-refractivity contribution in [3.63, 3.8) is 0 Å². The summed E-state index contributed by atoms with van der Waals surface area (Å²) in [7, 11) is 0. The first-order chi connectivity index (χ1) is 12.2. The van der Waals surface area contributed by atoms with Gasteiger partial charge in [0.1, 0.15) is 5.76 Å². The molecule has 2 N–H and O–H groups in total. The summed E-state index contributed by atoms with van der Waals surface area (Å²) in [4.78, 5) is 12.3. The number of furan rings is 1. The molecule has 2 aromatic heterocycles. The molecular weight excluding hydrogens is 356 g/mol. The molecule has 1 saturated carbocycles. The Kier molecular flexibility index (Phi) is 6.75. The van der Waals surface area contributed by atoms with E-state index in [-0.39, 0.29) is 11.2 Å². The van der Waals surface area contributed by atoms with Crippen molar-refractivity contribution in [2.75, 3.05) is 11.9 Å². The number of hydrogen-bond donors (Lipinski definition) is 2. The van der Waals surface area contributed by atoms with Crippen LogP contribution in [0.15, 0.2) is 27.2 Å². The fraction of sp³-hybridized carbons (Fsp3) is 0.588. The lowest BCUT2D eigenvalue weighted by Crippen LogP contribution is -2.35. The van der Waals surface area contributed by atoms with Gasteiger partial charge in [0.25, 0.3) is 0 Å². The fourth-order valence-corrected chi connectivity index (χ4v) is 4.81. The zero-order valence-corrected chi connectivity index (χ0v) is 16.0. The summed E-state index contributed by atoms with van der Waals surface area (Å²) in [5, 5.41) is 15.1. The van der Waals surface area contributed by atoms with E-state index >= 15 is 0 Å². The molecule has 0 aromatic carbocycles. The molecule has 136 valence electrons. The van der Waals surface area contributed by atoms with Crippen molar-refractivity contribution < 1.29 is 9.21 Å². The highest BCUT2D eigenvalue weighted by Crippen LogP contribution is 2.29. The van der Waals surface area contributed by atoms with E-state index in [0.29, 0.717) is 12.5 Å². The third-order valence-corrected chi connectivity index (χ3v) is 6.40. The number of thioether (sulfide) groups is 1. The number of carbonyl (C=O) groups is 1. The molecule has 0 aliphatic heterocycles. The number of hydrogen-bond acceptors (Lipinski definition) is 7. The Morgan fingerprint density at radius 3 is 3.00 bits per heavy atom. The molecule has 0 unspecified atom stereocenters. The molecule has 1 amide bonds. The summed E-state index contributed by atoms with van der Waals surface area (Å²) >= 11 is 2.91. The fourth-order valence-electron chi connectivity index (χ4n) is 2.89. The van der Waals surface area contributed by atoms with Crippen LogP contribution in [0.1, 0.15) is 44.8 Å². The van der Waals surface area contributed by atoms with Gasteiger partial charge in [0.15, 0.2) is 4.34 Å². The molecule has 6 nitrogen and oxygen atoms in total.